The highest BCUT2D eigenvalue weighted by molar-refractivity contribution is 6.39. The highest BCUT2D eigenvalue weighted by Crippen LogP contribution is 2.42. The number of rotatable bonds is 11. The molecule has 2 saturated heterocycles. The zero-order valence-corrected chi connectivity index (χ0v) is 28.1. The topological polar surface area (TPSA) is 135 Å². The molecule has 11 nitrogen and oxygen atoms in total. The van der Waals surface area contributed by atoms with E-state index >= 15 is 0 Å². The number of halogens is 3. The van der Waals surface area contributed by atoms with Crippen molar-refractivity contribution in [2.24, 2.45) is 0 Å². The molecule has 2 aromatic carbocycles. The second-order valence-corrected chi connectivity index (χ2v) is 12.6. The summed E-state index contributed by atoms with van der Waals surface area (Å²) in [5.41, 5.74) is 4.90. The number of hydrogen-bond donors (Lipinski definition) is 3. The maximum absolute atomic E-state index is 14.1. The van der Waals surface area contributed by atoms with Crippen molar-refractivity contribution in [3.63, 3.8) is 0 Å². The van der Waals surface area contributed by atoms with Gasteiger partial charge in [0.15, 0.2) is 0 Å². The first-order chi connectivity index (χ1) is 23.2. The Hall–Kier alpha value is -3.94. The van der Waals surface area contributed by atoms with Gasteiger partial charge in [0.1, 0.15) is 17.6 Å². The van der Waals surface area contributed by atoms with E-state index in [4.69, 9.17) is 42.6 Å². The lowest BCUT2D eigenvalue weighted by Crippen LogP contribution is -2.44. The van der Waals surface area contributed by atoms with Crippen molar-refractivity contribution in [2.75, 3.05) is 33.9 Å². The quantitative estimate of drug-likeness (QED) is 0.200. The van der Waals surface area contributed by atoms with Crippen LogP contribution in [0.4, 0.5) is 4.39 Å². The van der Waals surface area contributed by atoms with Crippen LogP contribution in [0.2, 0.25) is 10.0 Å². The van der Waals surface area contributed by atoms with Gasteiger partial charge in [-0.1, -0.05) is 59.6 Å². The Bertz CT molecular complexity index is 1800. The molecule has 0 bridgehead atoms. The lowest BCUT2D eigenvalue weighted by Gasteiger charge is -2.31. The largest absolute Gasteiger partial charge is 0.480 e. The van der Waals surface area contributed by atoms with Gasteiger partial charge in [-0.25, -0.2) is 14.4 Å². The number of piperidine rings is 1. The Labute approximate surface area is 287 Å². The van der Waals surface area contributed by atoms with Crippen molar-refractivity contribution in [1.29, 1.82) is 0 Å². The van der Waals surface area contributed by atoms with E-state index in [1.165, 1.54) is 7.11 Å². The van der Waals surface area contributed by atoms with E-state index in [0.717, 1.165) is 6.42 Å². The van der Waals surface area contributed by atoms with Crippen LogP contribution in [-0.2, 0) is 17.9 Å². The fourth-order valence-electron chi connectivity index (χ4n) is 5.99. The van der Waals surface area contributed by atoms with Gasteiger partial charge in [-0.2, -0.15) is 0 Å². The number of aromatic nitrogens is 4. The van der Waals surface area contributed by atoms with Crippen LogP contribution in [0, 0.1) is 0 Å². The standard InChI is InChI=1S/C34H36Cl2FN7O4/c1-47-33-27(14-38-13-19-9-10-30(46)41-19)39-15-25(42-33)22-7-3-5-20(31(22)35)21-6-4-8-23(32(21)36)26-16-40-28(34(43-26)48-2)18-44-12-11-29(45)24(37)17-44/h3-8,15-16,19,24,29,38,45H,9-14,17-18H2,1-2H3,(H,41,46)/t19?,24-,29+/m0/s1. The van der Waals surface area contributed by atoms with Crippen LogP contribution in [0.3, 0.4) is 0 Å². The maximum atomic E-state index is 14.1. The number of likely N-dealkylation sites (tertiary alicyclic amines) is 1. The third-order valence-corrected chi connectivity index (χ3v) is 9.40. The van der Waals surface area contributed by atoms with Gasteiger partial charge in [0.05, 0.1) is 54.2 Å². The number of benzene rings is 2. The molecule has 4 heterocycles. The Morgan fingerprint density at radius 3 is 2.08 bits per heavy atom. The molecule has 4 aromatic rings. The summed E-state index contributed by atoms with van der Waals surface area (Å²) in [6.07, 6.45) is 2.73. The SMILES string of the molecule is COc1nc(-c2cccc(-c3cccc(-c4cnc(CN5CC[C@@H](O)[C@@H](F)C5)c(OC)n4)c3Cl)c2Cl)cnc1CNCC1CCC(=O)N1. The molecular weight excluding hydrogens is 660 g/mol. The van der Waals surface area contributed by atoms with E-state index in [-0.39, 0.29) is 18.5 Å². The minimum atomic E-state index is -1.31. The second-order valence-electron chi connectivity index (χ2n) is 11.8. The van der Waals surface area contributed by atoms with Crippen LogP contribution < -0.4 is 20.1 Å². The van der Waals surface area contributed by atoms with E-state index in [0.29, 0.717) is 106 Å². The molecule has 1 unspecified atom stereocenters. The van der Waals surface area contributed by atoms with Gasteiger partial charge < -0.3 is 25.2 Å². The fraction of sp³-hybridized carbons (Fsp3) is 0.382. The van der Waals surface area contributed by atoms with Gasteiger partial charge in [0.25, 0.3) is 0 Å². The molecule has 2 aliphatic heterocycles. The molecule has 0 radical (unpaired) electrons. The van der Waals surface area contributed by atoms with Crippen molar-refractivity contribution in [1.82, 2.24) is 35.5 Å². The van der Waals surface area contributed by atoms with E-state index in [1.54, 1.807) is 19.5 Å². The van der Waals surface area contributed by atoms with Crippen LogP contribution in [0.5, 0.6) is 11.8 Å². The number of alkyl halides is 1. The number of hydrogen-bond acceptors (Lipinski definition) is 10. The minimum Gasteiger partial charge on any atom is -0.480 e. The first-order valence-electron chi connectivity index (χ1n) is 15.7. The molecular formula is C34H36Cl2FN7O4. The summed E-state index contributed by atoms with van der Waals surface area (Å²) >= 11 is 14.0. The third-order valence-electron chi connectivity index (χ3n) is 8.58. The Morgan fingerprint density at radius 2 is 1.52 bits per heavy atom. The third kappa shape index (κ3) is 7.37. The summed E-state index contributed by atoms with van der Waals surface area (Å²) in [4.78, 5) is 32.0. The average molecular weight is 697 g/mol. The Morgan fingerprint density at radius 1 is 0.938 bits per heavy atom. The molecule has 0 aliphatic carbocycles. The van der Waals surface area contributed by atoms with Gasteiger partial charge in [-0.05, 0) is 12.8 Å². The molecule has 2 aromatic heterocycles. The number of nitrogens with one attached hydrogen (secondary N) is 2. The lowest BCUT2D eigenvalue weighted by molar-refractivity contribution is -0.119. The van der Waals surface area contributed by atoms with Crippen LogP contribution in [0.1, 0.15) is 30.7 Å². The van der Waals surface area contributed by atoms with Crippen LogP contribution in [0.25, 0.3) is 33.6 Å². The van der Waals surface area contributed by atoms with E-state index in [1.807, 2.05) is 41.3 Å². The molecule has 2 fully saturated rings. The number of aliphatic hydroxyl groups excluding tert-OH is 1. The molecule has 3 N–H and O–H groups in total. The molecule has 252 valence electrons. The van der Waals surface area contributed by atoms with Crippen LogP contribution in [-0.4, -0.2) is 88.0 Å². The van der Waals surface area contributed by atoms with Crippen molar-refractivity contribution < 1.29 is 23.8 Å². The average Bonchev–Trinajstić information content (AvgIpc) is 3.51. The first-order valence-corrected chi connectivity index (χ1v) is 16.4. The predicted octanol–water partition coefficient (Wildman–Crippen LogP) is 4.86. The molecule has 3 atom stereocenters. The lowest BCUT2D eigenvalue weighted by atomic mass is 9.98. The summed E-state index contributed by atoms with van der Waals surface area (Å²) in [6, 6.07) is 11.3. The molecule has 6 rings (SSSR count). The zero-order chi connectivity index (χ0) is 33.8. The van der Waals surface area contributed by atoms with Crippen molar-refractivity contribution in [3.05, 3.63) is 70.2 Å². The molecule has 2 aliphatic rings. The van der Waals surface area contributed by atoms with Gasteiger partial charge in [0.2, 0.25) is 17.7 Å². The number of amides is 1. The Balaban J connectivity index is 1.23. The maximum Gasteiger partial charge on any atom is 0.237 e. The smallest absolute Gasteiger partial charge is 0.237 e. The minimum absolute atomic E-state index is 0.0736. The van der Waals surface area contributed by atoms with Crippen LogP contribution in [0.15, 0.2) is 48.8 Å². The summed E-state index contributed by atoms with van der Waals surface area (Å²) < 4.78 is 25.2. The highest BCUT2D eigenvalue weighted by Gasteiger charge is 2.28. The molecule has 0 spiro atoms. The van der Waals surface area contributed by atoms with Crippen molar-refractivity contribution >= 4 is 29.1 Å². The van der Waals surface area contributed by atoms with Crippen molar-refractivity contribution in [2.45, 2.75) is 50.7 Å². The molecule has 1 amide bonds. The summed E-state index contributed by atoms with van der Waals surface area (Å²) in [6.45, 7) is 2.05. The normalized spacial score (nSPS) is 19.7. The number of ether oxygens (including phenoxy) is 2. The number of aliphatic hydroxyl groups is 1. The van der Waals surface area contributed by atoms with Crippen LogP contribution >= 0.6 is 23.2 Å². The van der Waals surface area contributed by atoms with Gasteiger partial charge >= 0.3 is 0 Å². The van der Waals surface area contributed by atoms with Gasteiger partial charge in [0, 0.05) is 67.4 Å². The first kappa shape index (κ1) is 33.9. The number of carbonyl (C=O) groups is 1. The summed E-state index contributed by atoms with van der Waals surface area (Å²) in [7, 11) is 3.05. The summed E-state index contributed by atoms with van der Waals surface area (Å²) in [5, 5.41) is 16.9. The summed E-state index contributed by atoms with van der Waals surface area (Å²) in [5.74, 6) is 0.756. The number of methoxy groups -OCH3 is 2. The molecule has 0 saturated carbocycles. The second kappa shape index (κ2) is 15.1. The van der Waals surface area contributed by atoms with E-state index in [9.17, 15) is 14.3 Å². The predicted molar refractivity (Wildman–Crippen MR) is 181 cm³/mol. The monoisotopic (exact) mass is 695 g/mol. The number of nitrogens with zero attached hydrogens (tertiary/aromatic N) is 5. The molecule has 48 heavy (non-hydrogen) atoms. The fourth-order valence-corrected chi connectivity index (χ4v) is 6.64. The van der Waals surface area contributed by atoms with Gasteiger partial charge in [-0.15, -0.1) is 0 Å². The van der Waals surface area contributed by atoms with Crippen molar-refractivity contribution in [3.8, 4) is 45.4 Å². The van der Waals surface area contributed by atoms with E-state index < -0.39 is 12.3 Å². The zero-order valence-electron chi connectivity index (χ0n) is 26.5. The number of carbonyl (C=O) groups excluding carboxylic acids is 1. The molecule has 14 heteroatoms. The highest BCUT2D eigenvalue weighted by atomic mass is 35.5. The van der Waals surface area contributed by atoms with E-state index in [2.05, 4.69) is 20.6 Å². The Kier molecular flexibility index (Phi) is 10.7. The van der Waals surface area contributed by atoms with Gasteiger partial charge in [-0.3, -0.25) is 19.7 Å².